The molecule has 0 saturated heterocycles. The van der Waals surface area contributed by atoms with Gasteiger partial charge in [0, 0.05) is 12.1 Å². The number of rotatable bonds is 8. The highest BCUT2D eigenvalue weighted by Crippen LogP contribution is 2.27. The van der Waals surface area contributed by atoms with Crippen molar-refractivity contribution in [2.75, 3.05) is 20.8 Å². The van der Waals surface area contributed by atoms with Gasteiger partial charge in [0.05, 0.1) is 14.2 Å². The molecule has 2 aromatic carbocycles. The van der Waals surface area contributed by atoms with Gasteiger partial charge in [-0.15, -0.1) is 0 Å². The second-order valence-electron chi connectivity index (χ2n) is 6.37. The lowest BCUT2D eigenvalue weighted by atomic mass is 10.1. The quantitative estimate of drug-likeness (QED) is 0.570. The average Bonchev–Trinajstić information content (AvgIpc) is 3.17. The van der Waals surface area contributed by atoms with Crippen LogP contribution in [0.15, 0.2) is 53.1 Å². The average molecular weight is 410 g/mol. The van der Waals surface area contributed by atoms with Crippen LogP contribution in [0.4, 0.5) is 0 Å². The number of benzene rings is 2. The Morgan fingerprint density at radius 2 is 1.77 bits per heavy atom. The zero-order valence-electron chi connectivity index (χ0n) is 16.9. The summed E-state index contributed by atoms with van der Waals surface area (Å²) in [6, 6.07) is 14.5. The summed E-state index contributed by atoms with van der Waals surface area (Å²) in [4.78, 5) is 24.6. The number of hydrogen-bond donors (Lipinski definition) is 1. The van der Waals surface area contributed by atoms with Crippen molar-refractivity contribution in [2.45, 2.75) is 13.5 Å². The van der Waals surface area contributed by atoms with E-state index in [1.807, 2.05) is 30.3 Å². The molecule has 0 atom stereocenters. The molecule has 0 fully saturated rings. The van der Waals surface area contributed by atoms with Crippen LogP contribution in [0.5, 0.6) is 11.5 Å². The molecule has 0 spiro atoms. The van der Waals surface area contributed by atoms with Crippen molar-refractivity contribution in [3.05, 3.63) is 65.4 Å². The molecule has 0 radical (unpaired) electrons. The number of aromatic nitrogens is 1. The Morgan fingerprint density at radius 3 is 2.47 bits per heavy atom. The fourth-order valence-corrected chi connectivity index (χ4v) is 2.85. The van der Waals surface area contributed by atoms with Crippen LogP contribution in [0.3, 0.4) is 0 Å². The molecule has 0 unspecified atom stereocenters. The minimum Gasteiger partial charge on any atom is -0.493 e. The minimum absolute atomic E-state index is 0.203. The minimum atomic E-state index is -0.672. The van der Waals surface area contributed by atoms with E-state index in [9.17, 15) is 9.59 Å². The first kappa shape index (κ1) is 20.9. The molecular weight excluding hydrogens is 388 g/mol. The first-order valence-corrected chi connectivity index (χ1v) is 9.20. The summed E-state index contributed by atoms with van der Waals surface area (Å²) in [5, 5.41) is 6.64. The number of esters is 1. The van der Waals surface area contributed by atoms with Gasteiger partial charge in [-0.1, -0.05) is 41.6 Å². The van der Waals surface area contributed by atoms with Gasteiger partial charge >= 0.3 is 5.97 Å². The molecule has 0 saturated carbocycles. The molecule has 0 aliphatic carbocycles. The lowest BCUT2D eigenvalue weighted by molar-refractivity contribution is -0.124. The molecule has 0 aliphatic heterocycles. The maximum absolute atomic E-state index is 12.5. The van der Waals surface area contributed by atoms with Crippen molar-refractivity contribution in [3.8, 4) is 22.8 Å². The molecule has 1 N–H and O–H groups in total. The summed E-state index contributed by atoms with van der Waals surface area (Å²) >= 11 is 0. The summed E-state index contributed by atoms with van der Waals surface area (Å²) in [5.74, 6) is 0.374. The Labute approximate surface area is 173 Å². The highest BCUT2D eigenvalue weighted by molar-refractivity contribution is 5.98. The number of nitrogens with zero attached hydrogens (tertiary/aromatic N) is 1. The number of nitrogens with one attached hydrogen (secondary N) is 1. The first-order chi connectivity index (χ1) is 14.5. The summed E-state index contributed by atoms with van der Waals surface area (Å²) in [5.41, 5.74) is 2.12. The number of aryl methyl sites for hydroxylation is 1. The summed E-state index contributed by atoms with van der Waals surface area (Å²) in [7, 11) is 3.09. The SMILES string of the molecule is COc1ccc(CNC(=O)COC(=O)c2c(-c3ccccc3)noc2C)cc1OC. The van der Waals surface area contributed by atoms with E-state index in [0.717, 1.165) is 11.1 Å². The van der Waals surface area contributed by atoms with Crippen molar-refractivity contribution in [3.63, 3.8) is 0 Å². The number of carbonyl (C=O) groups excluding carboxylic acids is 2. The van der Waals surface area contributed by atoms with Crippen LogP contribution in [0.25, 0.3) is 11.3 Å². The fraction of sp³-hybridized carbons (Fsp3) is 0.227. The largest absolute Gasteiger partial charge is 0.493 e. The van der Waals surface area contributed by atoms with E-state index in [1.165, 1.54) is 7.11 Å². The molecular formula is C22H22N2O6. The van der Waals surface area contributed by atoms with Gasteiger partial charge in [0.15, 0.2) is 18.1 Å². The molecule has 8 heteroatoms. The van der Waals surface area contributed by atoms with Crippen LogP contribution in [0, 0.1) is 6.92 Å². The van der Waals surface area contributed by atoms with Crippen LogP contribution in [0.2, 0.25) is 0 Å². The molecule has 156 valence electrons. The number of hydrogen-bond acceptors (Lipinski definition) is 7. The van der Waals surface area contributed by atoms with Gasteiger partial charge in [0.1, 0.15) is 17.0 Å². The van der Waals surface area contributed by atoms with Gasteiger partial charge in [0.25, 0.3) is 5.91 Å². The molecule has 0 bridgehead atoms. The van der Waals surface area contributed by atoms with Crippen molar-refractivity contribution < 1.29 is 28.3 Å². The Morgan fingerprint density at radius 1 is 1.03 bits per heavy atom. The molecule has 1 amide bonds. The van der Waals surface area contributed by atoms with Crippen LogP contribution < -0.4 is 14.8 Å². The first-order valence-electron chi connectivity index (χ1n) is 9.20. The van der Waals surface area contributed by atoms with E-state index >= 15 is 0 Å². The van der Waals surface area contributed by atoms with E-state index < -0.39 is 18.5 Å². The standard InChI is InChI=1S/C22H22N2O6/c1-14-20(21(24-30-14)16-7-5-4-6-8-16)22(26)29-13-19(25)23-12-15-9-10-17(27-2)18(11-15)28-3/h4-11H,12-13H2,1-3H3,(H,23,25). The van der Waals surface area contributed by atoms with Crippen LogP contribution in [-0.4, -0.2) is 37.9 Å². The van der Waals surface area contributed by atoms with Crippen molar-refractivity contribution >= 4 is 11.9 Å². The second kappa shape index (κ2) is 9.60. The maximum atomic E-state index is 12.5. The highest BCUT2D eigenvalue weighted by Gasteiger charge is 2.23. The zero-order valence-corrected chi connectivity index (χ0v) is 16.9. The summed E-state index contributed by atoms with van der Waals surface area (Å²) in [6.07, 6.45) is 0. The van der Waals surface area contributed by atoms with Crippen LogP contribution in [-0.2, 0) is 16.1 Å². The predicted octanol–water partition coefficient (Wildman–Crippen LogP) is 3.14. The van der Waals surface area contributed by atoms with E-state index in [-0.39, 0.29) is 12.1 Å². The number of carbonyl (C=O) groups is 2. The van der Waals surface area contributed by atoms with Gasteiger partial charge in [-0.2, -0.15) is 0 Å². The number of amides is 1. The second-order valence-corrected chi connectivity index (χ2v) is 6.37. The van der Waals surface area contributed by atoms with E-state index in [4.69, 9.17) is 18.7 Å². The monoisotopic (exact) mass is 410 g/mol. The third kappa shape index (κ3) is 4.78. The predicted molar refractivity (Wildman–Crippen MR) is 108 cm³/mol. The van der Waals surface area contributed by atoms with Crippen LogP contribution in [0.1, 0.15) is 21.7 Å². The number of methoxy groups -OCH3 is 2. The smallest absolute Gasteiger partial charge is 0.344 e. The topological polar surface area (TPSA) is 99.9 Å². The summed E-state index contributed by atoms with van der Waals surface area (Å²) in [6.45, 7) is 1.44. The van der Waals surface area contributed by atoms with E-state index in [0.29, 0.717) is 23.0 Å². The van der Waals surface area contributed by atoms with Crippen molar-refractivity contribution in [2.24, 2.45) is 0 Å². The lowest BCUT2D eigenvalue weighted by Gasteiger charge is -2.10. The van der Waals surface area contributed by atoms with Gasteiger partial charge in [-0.25, -0.2) is 4.79 Å². The third-order valence-electron chi connectivity index (χ3n) is 4.39. The molecule has 0 aliphatic rings. The fourth-order valence-electron chi connectivity index (χ4n) is 2.85. The van der Waals surface area contributed by atoms with Crippen molar-refractivity contribution in [1.82, 2.24) is 10.5 Å². The molecule has 3 aromatic rings. The van der Waals surface area contributed by atoms with Gasteiger partial charge in [-0.05, 0) is 24.6 Å². The van der Waals surface area contributed by atoms with Crippen molar-refractivity contribution in [1.29, 1.82) is 0 Å². The molecule has 1 aromatic heterocycles. The Kier molecular flexibility index (Phi) is 6.69. The van der Waals surface area contributed by atoms with Gasteiger partial charge in [0.2, 0.25) is 0 Å². The molecule has 3 rings (SSSR count). The third-order valence-corrected chi connectivity index (χ3v) is 4.39. The van der Waals surface area contributed by atoms with Crippen LogP contribution >= 0.6 is 0 Å². The highest BCUT2D eigenvalue weighted by atomic mass is 16.5. The van der Waals surface area contributed by atoms with E-state index in [1.54, 1.807) is 32.2 Å². The Hall–Kier alpha value is -3.81. The lowest BCUT2D eigenvalue weighted by Crippen LogP contribution is -2.28. The summed E-state index contributed by atoms with van der Waals surface area (Å²) < 4.78 is 20.7. The molecule has 1 heterocycles. The zero-order chi connectivity index (χ0) is 21.5. The Bertz CT molecular complexity index is 1030. The Balaban J connectivity index is 1.58. The molecule has 30 heavy (non-hydrogen) atoms. The molecule has 8 nitrogen and oxygen atoms in total. The van der Waals surface area contributed by atoms with Gasteiger partial charge < -0.3 is 24.1 Å². The van der Waals surface area contributed by atoms with Gasteiger partial charge in [-0.3, -0.25) is 4.79 Å². The number of ether oxygens (including phenoxy) is 3. The maximum Gasteiger partial charge on any atom is 0.344 e. The normalized spacial score (nSPS) is 10.4. The van der Waals surface area contributed by atoms with E-state index in [2.05, 4.69) is 10.5 Å².